The molecule has 1 aliphatic rings. The van der Waals surface area contributed by atoms with Crippen LogP contribution in [0.2, 0.25) is 0 Å². The fourth-order valence-electron chi connectivity index (χ4n) is 2.78. The smallest absolute Gasteiger partial charge is 0.410 e. The van der Waals surface area contributed by atoms with Crippen molar-refractivity contribution in [3.8, 4) is 0 Å². The lowest BCUT2D eigenvalue weighted by Crippen LogP contribution is -2.45. The third-order valence-corrected chi connectivity index (χ3v) is 4.28. The highest BCUT2D eigenvalue weighted by molar-refractivity contribution is 14.0. The summed E-state index contributed by atoms with van der Waals surface area (Å²) in [4.78, 5) is 20.7. The van der Waals surface area contributed by atoms with E-state index in [4.69, 9.17) is 4.74 Å². The van der Waals surface area contributed by atoms with Crippen molar-refractivity contribution < 1.29 is 9.53 Å². The molecule has 0 aromatic carbocycles. The van der Waals surface area contributed by atoms with Gasteiger partial charge in [-0.05, 0) is 45.7 Å². The molecule has 0 atom stereocenters. The summed E-state index contributed by atoms with van der Waals surface area (Å²) >= 11 is 0. The second-order valence-electron chi connectivity index (χ2n) is 7.85. The maximum absolute atomic E-state index is 12.4. The van der Waals surface area contributed by atoms with E-state index in [0.717, 1.165) is 25.3 Å². The van der Waals surface area contributed by atoms with Gasteiger partial charge in [-0.25, -0.2) is 4.79 Å². The summed E-state index contributed by atoms with van der Waals surface area (Å²) in [5.74, 6) is 0.811. The number of carbonyl (C=O) groups is 1. The second kappa shape index (κ2) is 10.2. The van der Waals surface area contributed by atoms with Crippen molar-refractivity contribution >= 4 is 36.0 Å². The highest BCUT2D eigenvalue weighted by Gasteiger charge is 2.34. The largest absolute Gasteiger partial charge is 0.444 e. The summed E-state index contributed by atoms with van der Waals surface area (Å²) in [7, 11) is 5.82. The van der Waals surface area contributed by atoms with E-state index in [9.17, 15) is 4.79 Å². The first-order valence-corrected chi connectivity index (χ1v) is 9.23. The fraction of sp³-hybridized carbons (Fsp3) is 0.684. The van der Waals surface area contributed by atoms with Gasteiger partial charge in [0.25, 0.3) is 0 Å². The van der Waals surface area contributed by atoms with Crippen molar-refractivity contribution in [1.82, 2.24) is 19.7 Å². The number of guanidine groups is 1. The Morgan fingerprint density at radius 1 is 1.41 bits per heavy atom. The summed E-state index contributed by atoms with van der Waals surface area (Å²) in [6.45, 7) is 7.70. The minimum Gasteiger partial charge on any atom is -0.444 e. The van der Waals surface area contributed by atoms with Crippen LogP contribution in [0.15, 0.2) is 23.3 Å². The summed E-state index contributed by atoms with van der Waals surface area (Å²) < 4.78 is 7.63. The van der Waals surface area contributed by atoms with Crippen molar-refractivity contribution in [2.45, 2.75) is 51.8 Å². The van der Waals surface area contributed by atoms with Crippen LogP contribution in [0.1, 0.15) is 39.3 Å². The fourth-order valence-corrected chi connectivity index (χ4v) is 2.78. The van der Waals surface area contributed by atoms with Gasteiger partial charge in [0.2, 0.25) is 0 Å². The number of nitrogens with zero attached hydrogens (tertiary/aromatic N) is 4. The first-order valence-electron chi connectivity index (χ1n) is 9.23. The number of hydrogen-bond acceptors (Lipinski definition) is 3. The maximum Gasteiger partial charge on any atom is 0.410 e. The number of aryl methyl sites for hydroxylation is 1. The van der Waals surface area contributed by atoms with Gasteiger partial charge >= 0.3 is 6.09 Å². The van der Waals surface area contributed by atoms with Gasteiger partial charge in [0.1, 0.15) is 5.60 Å². The average molecular weight is 491 g/mol. The van der Waals surface area contributed by atoms with Gasteiger partial charge in [-0.1, -0.05) is 0 Å². The number of aliphatic imine (C=N–C) groups is 1. The first-order chi connectivity index (χ1) is 12.2. The number of halogens is 1. The highest BCUT2D eigenvalue weighted by atomic mass is 127. The molecule has 27 heavy (non-hydrogen) atoms. The van der Waals surface area contributed by atoms with Crippen LogP contribution in [-0.4, -0.2) is 65.2 Å². The molecule has 1 amide bonds. The normalized spacial score (nSPS) is 14.4. The van der Waals surface area contributed by atoms with Crippen LogP contribution in [0.25, 0.3) is 0 Å². The lowest BCUT2D eigenvalue weighted by Gasteiger charge is -2.28. The minimum absolute atomic E-state index is 0. The van der Waals surface area contributed by atoms with Crippen LogP contribution in [0, 0.1) is 0 Å². The van der Waals surface area contributed by atoms with Gasteiger partial charge in [-0.2, -0.15) is 0 Å². The minimum atomic E-state index is -0.469. The molecule has 1 aromatic rings. The lowest BCUT2D eigenvalue weighted by molar-refractivity contribution is 0.0237. The third kappa shape index (κ3) is 7.59. The zero-order valence-electron chi connectivity index (χ0n) is 17.4. The second-order valence-corrected chi connectivity index (χ2v) is 7.85. The molecule has 0 radical (unpaired) electrons. The van der Waals surface area contributed by atoms with E-state index < -0.39 is 5.60 Å². The molecule has 1 saturated carbocycles. The number of ether oxygens (including phenoxy) is 1. The predicted molar refractivity (Wildman–Crippen MR) is 120 cm³/mol. The Labute approximate surface area is 180 Å². The van der Waals surface area contributed by atoms with Gasteiger partial charge in [-0.15, -0.1) is 24.0 Å². The van der Waals surface area contributed by atoms with Crippen LogP contribution < -0.4 is 5.32 Å². The number of nitrogens with one attached hydrogen (secondary N) is 1. The van der Waals surface area contributed by atoms with Crippen molar-refractivity contribution in [3.05, 3.63) is 24.0 Å². The molecule has 7 nitrogen and oxygen atoms in total. The molecular formula is C19H34IN5O2. The Kier molecular flexibility index (Phi) is 8.90. The zero-order valence-corrected chi connectivity index (χ0v) is 19.7. The lowest BCUT2D eigenvalue weighted by atomic mass is 10.2. The molecule has 1 aliphatic carbocycles. The molecule has 1 N–H and O–H groups in total. The zero-order chi connectivity index (χ0) is 19.3. The van der Waals surface area contributed by atoms with Crippen molar-refractivity contribution in [1.29, 1.82) is 0 Å². The van der Waals surface area contributed by atoms with Crippen molar-refractivity contribution in [2.75, 3.05) is 27.2 Å². The van der Waals surface area contributed by atoms with E-state index in [2.05, 4.69) is 25.8 Å². The standard InChI is InChI=1S/C19H33N5O2.HI/c1-19(2,3)26-18(25)24(15-9-10-15)13-11-21-17(20-4)23(6)14-16-8-7-12-22(16)5;/h7-8,12,15H,9-11,13-14H2,1-6H3,(H,20,21);1H. The molecule has 0 saturated heterocycles. The third-order valence-electron chi connectivity index (χ3n) is 4.28. The van der Waals surface area contributed by atoms with Crippen LogP contribution in [-0.2, 0) is 18.3 Å². The summed E-state index contributed by atoms with van der Waals surface area (Å²) in [5, 5.41) is 3.35. The Bertz CT molecular complexity index is 634. The molecule has 0 unspecified atom stereocenters. The topological polar surface area (TPSA) is 62.1 Å². The van der Waals surface area contributed by atoms with Crippen LogP contribution >= 0.6 is 24.0 Å². The molecule has 1 fully saturated rings. The molecule has 154 valence electrons. The summed E-state index contributed by atoms with van der Waals surface area (Å²) in [6.07, 6.45) is 3.92. The van der Waals surface area contributed by atoms with E-state index in [1.807, 2.05) is 52.0 Å². The Morgan fingerprint density at radius 3 is 2.56 bits per heavy atom. The number of aromatic nitrogens is 1. The Balaban J connectivity index is 0.00000364. The van der Waals surface area contributed by atoms with Crippen molar-refractivity contribution in [3.63, 3.8) is 0 Å². The molecule has 0 spiro atoms. The van der Waals surface area contributed by atoms with Crippen LogP contribution in [0.4, 0.5) is 4.79 Å². The SMILES string of the molecule is CN=C(NCCN(C(=O)OC(C)(C)C)C1CC1)N(C)Cc1cccn1C.I. The monoisotopic (exact) mass is 491 g/mol. The van der Waals surface area contributed by atoms with E-state index in [-0.39, 0.29) is 30.1 Å². The van der Waals surface area contributed by atoms with Crippen LogP contribution in [0.5, 0.6) is 0 Å². The molecule has 0 aliphatic heterocycles. The van der Waals surface area contributed by atoms with E-state index in [1.165, 1.54) is 5.69 Å². The summed E-state index contributed by atoms with van der Waals surface area (Å²) in [5.41, 5.74) is 0.743. The molecule has 1 aromatic heterocycles. The average Bonchev–Trinajstić information content (AvgIpc) is 3.29. The number of amides is 1. The quantitative estimate of drug-likeness (QED) is 0.378. The molecular weight excluding hydrogens is 457 g/mol. The van der Waals surface area contributed by atoms with Gasteiger partial charge < -0.3 is 24.4 Å². The predicted octanol–water partition coefficient (Wildman–Crippen LogP) is 3.05. The van der Waals surface area contributed by atoms with Crippen molar-refractivity contribution in [2.24, 2.45) is 12.0 Å². The van der Waals surface area contributed by atoms with Gasteiger partial charge in [0, 0.05) is 52.2 Å². The Hall–Kier alpha value is -1.45. The van der Waals surface area contributed by atoms with E-state index >= 15 is 0 Å². The molecule has 2 rings (SSSR count). The summed E-state index contributed by atoms with van der Waals surface area (Å²) in [6, 6.07) is 4.45. The molecule has 1 heterocycles. The van der Waals surface area contributed by atoms with Crippen LogP contribution in [0.3, 0.4) is 0 Å². The maximum atomic E-state index is 12.4. The number of carbonyl (C=O) groups excluding carboxylic acids is 1. The highest BCUT2D eigenvalue weighted by Crippen LogP contribution is 2.28. The molecule has 0 bridgehead atoms. The van der Waals surface area contributed by atoms with E-state index in [1.54, 1.807) is 7.05 Å². The van der Waals surface area contributed by atoms with E-state index in [0.29, 0.717) is 19.1 Å². The first kappa shape index (κ1) is 23.6. The number of hydrogen-bond donors (Lipinski definition) is 1. The van der Waals surface area contributed by atoms with Gasteiger partial charge in [0.15, 0.2) is 5.96 Å². The Morgan fingerprint density at radius 2 is 2.07 bits per heavy atom. The van der Waals surface area contributed by atoms with Gasteiger partial charge in [0.05, 0.1) is 6.54 Å². The van der Waals surface area contributed by atoms with Gasteiger partial charge in [-0.3, -0.25) is 4.99 Å². The molecule has 8 heteroatoms. The number of rotatable bonds is 6.